The smallest absolute Gasteiger partial charge is 0.338 e. The molecule has 0 heterocycles. The molecule has 3 nitrogen and oxygen atoms in total. The van der Waals surface area contributed by atoms with E-state index in [2.05, 4.69) is 33.9 Å². The van der Waals surface area contributed by atoms with Gasteiger partial charge in [0.1, 0.15) is 0 Å². The predicted molar refractivity (Wildman–Crippen MR) is 84.1 cm³/mol. The van der Waals surface area contributed by atoms with E-state index in [4.69, 9.17) is 9.16 Å². The van der Waals surface area contributed by atoms with Crippen LogP contribution in [0.25, 0.3) is 0 Å². The van der Waals surface area contributed by atoms with E-state index in [1.54, 1.807) is 0 Å². The third-order valence-electron chi connectivity index (χ3n) is 3.82. The Morgan fingerprint density at radius 1 is 1.20 bits per heavy atom. The lowest BCUT2D eigenvalue weighted by molar-refractivity contribution is -0.152. The van der Waals surface area contributed by atoms with Crippen LogP contribution in [0.4, 0.5) is 0 Å². The highest BCUT2D eigenvalue weighted by atomic mass is 28.4. The minimum absolute atomic E-state index is 0.0481. The van der Waals surface area contributed by atoms with Crippen molar-refractivity contribution in [3.8, 4) is 0 Å². The van der Waals surface area contributed by atoms with Crippen LogP contribution in [0.1, 0.15) is 39.4 Å². The Kier molecular flexibility index (Phi) is 5.54. The van der Waals surface area contributed by atoms with Crippen LogP contribution in [-0.4, -0.2) is 20.9 Å². The molecule has 1 rings (SSSR count). The van der Waals surface area contributed by atoms with Gasteiger partial charge < -0.3 is 9.16 Å². The van der Waals surface area contributed by atoms with E-state index in [9.17, 15) is 4.79 Å². The molecule has 1 aromatic rings. The molecule has 0 radical (unpaired) electrons. The summed E-state index contributed by atoms with van der Waals surface area (Å²) in [5.74, 6) is -0.302. The lowest BCUT2D eigenvalue weighted by Crippen LogP contribution is -2.43. The van der Waals surface area contributed by atoms with Crippen molar-refractivity contribution in [2.24, 2.45) is 0 Å². The van der Waals surface area contributed by atoms with Crippen LogP contribution in [-0.2, 0) is 14.0 Å². The molecule has 112 valence electrons. The molecule has 0 bridgehead atoms. The van der Waals surface area contributed by atoms with Gasteiger partial charge in [-0.3, -0.25) is 0 Å². The maximum atomic E-state index is 12.2. The van der Waals surface area contributed by atoms with E-state index in [0.717, 1.165) is 5.56 Å². The van der Waals surface area contributed by atoms with Crippen molar-refractivity contribution in [3.63, 3.8) is 0 Å². The topological polar surface area (TPSA) is 35.5 Å². The van der Waals surface area contributed by atoms with Crippen molar-refractivity contribution < 1.29 is 14.0 Å². The van der Waals surface area contributed by atoms with Crippen LogP contribution in [0.3, 0.4) is 0 Å². The van der Waals surface area contributed by atoms with Gasteiger partial charge in [-0.05, 0) is 30.6 Å². The second-order valence-corrected chi connectivity index (χ2v) is 11.2. The molecule has 0 spiro atoms. The number of esters is 1. The molecule has 0 amide bonds. The van der Waals surface area contributed by atoms with Crippen LogP contribution >= 0.6 is 0 Å². The molecule has 0 fully saturated rings. The van der Waals surface area contributed by atoms with E-state index < -0.39 is 14.4 Å². The van der Waals surface area contributed by atoms with Gasteiger partial charge >= 0.3 is 5.97 Å². The summed E-state index contributed by atoms with van der Waals surface area (Å²) in [5.41, 5.74) is 0.857. The third-order valence-corrected chi connectivity index (χ3v) is 8.26. The fraction of sp³-hybridized carbons (Fsp3) is 0.562. The second kappa shape index (κ2) is 6.55. The Balaban J connectivity index is 3.04. The normalized spacial score (nSPS) is 13.9. The highest BCUT2D eigenvalue weighted by Crippen LogP contribution is 2.40. The van der Waals surface area contributed by atoms with E-state index in [0.29, 0.717) is 6.61 Å². The van der Waals surface area contributed by atoms with Gasteiger partial charge in [-0.15, -0.1) is 0 Å². The number of ether oxygens (including phenoxy) is 1. The molecule has 4 heteroatoms. The maximum Gasteiger partial charge on any atom is 0.338 e. The number of carbonyl (C=O) groups is 1. The minimum Gasteiger partial charge on any atom is -0.464 e. The van der Waals surface area contributed by atoms with Crippen molar-refractivity contribution in [2.75, 3.05) is 6.61 Å². The Morgan fingerprint density at radius 3 is 2.20 bits per heavy atom. The first-order valence-corrected chi connectivity index (χ1v) is 9.99. The van der Waals surface area contributed by atoms with Crippen molar-refractivity contribution in [1.82, 2.24) is 0 Å². The van der Waals surface area contributed by atoms with Crippen LogP contribution in [0.15, 0.2) is 30.3 Å². The number of carbonyl (C=O) groups excluding carboxylic acids is 1. The van der Waals surface area contributed by atoms with Crippen molar-refractivity contribution >= 4 is 14.3 Å². The second-order valence-electron chi connectivity index (χ2n) is 6.42. The largest absolute Gasteiger partial charge is 0.464 e. The van der Waals surface area contributed by atoms with E-state index in [1.807, 2.05) is 37.3 Å². The summed E-state index contributed by atoms with van der Waals surface area (Å²) in [7, 11) is -2.04. The standard InChI is InChI=1S/C16H26O3Si/c1-7-18-15(17)14(13-11-9-8-10-12-13)19-20(5,6)16(2,3)4/h8-12,14H,7H2,1-6H3/t14-/m0/s1. The fourth-order valence-electron chi connectivity index (χ4n) is 1.57. The maximum absolute atomic E-state index is 12.2. The molecule has 1 aromatic carbocycles. The summed E-state index contributed by atoms with van der Waals surface area (Å²) in [4.78, 5) is 12.2. The minimum atomic E-state index is -2.04. The van der Waals surface area contributed by atoms with Gasteiger partial charge in [0.25, 0.3) is 0 Å². The first kappa shape index (κ1) is 16.9. The zero-order chi connectivity index (χ0) is 15.4. The van der Waals surface area contributed by atoms with E-state index >= 15 is 0 Å². The SMILES string of the molecule is CCOC(=O)[C@@H](O[Si](C)(C)C(C)(C)C)c1ccccc1. The number of benzene rings is 1. The zero-order valence-electron chi connectivity index (χ0n) is 13.4. The molecule has 0 aliphatic rings. The Hall–Kier alpha value is -1.13. The quantitative estimate of drug-likeness (QED) is 0.599. The summed E-state index contributed by atoms with van der Waals surface area (Å²) in [6.07, 6.45) is -0.628. The average molecular weight is 294 g/mol. The Bertz CT molecular complexity index is 435. The summed E-state index contributed by atoms with van der Waals surface area (Å²) >= 11 is 0. The molecule has 0 saturated carbocycles. The zero-order valence-corrected chi connectivity index (χ0v) is 14.4. The van der Waals surface area contributed by atoms with Crippen molar-refractivity contribution in [3.05, 3.63) is 35.9 Å². The van der Waals surface area contributed by atoms with Gasteiger partial charge in [0, 0.05) is 0 Å². The summed E-state index contributed by atoms with van der Waals surface area (Å²) in [6.45, 7) is 12.9. The number of rotatable bonds is 5. The first-order valence-electron chi connectivity index (χ1n) is 7.08. The van der Waals surface area contributed by atoms with E-state index in [1.165, 1.54) is 0 Å². The fourth-order valence-corrected chi connectivity index (χ4v) is 2.74. The monoisotopic (exact) mass is 294 g/mol. The van der Waals surface area contributed by atoms with Crippen molar-refractivity contribution in [2.45, 2.75) is 51.9 Å². The van der Waals surface area contributed by atoms with Gasteiger partial charge in [-0.25, -0.2) is 4.79 Å². The highest BCUT2D eigenvalue weighted by Gasteiger charge is 2.41. The molecule has 0 aliphatic carbocycles. The molecule has 0 aliphatic heterocycles. The van der Waals surface area contributed by atoms with Crippen LogP contribution in [0, 0.1) is 0 Å². The van der Waals surface area contributed by atoms with Crippen molar-refractivity contribution in [1.29, 1.82) is 0 Å². The molecule has 1 atom stereocenters. The van der Waals surface area contributed by atoms with Gasteiger partial charge in [-0.2, -0.15) is 0 Å². The summed E-state index contributed by atoms with van der Waals surface area (Å²) in [6, 6.07) is 9.58. The van der Waals surface area contributed by atoms with E-state index in [-0.39, 0.29) is 11.0 Å². The molecule has 0 N–H and O–H groups in total. The highest BCUT2D eigenvalue weighted by molar-refractivity contribution is 6.74. The molecular formula is C16H26O3Si. The molecule has 0 saturated heterocycles. The van der Waals surface area contributed by atoms with Gasteiger partial charge in [0.2, 0.25) is 0 Å². The first-order chi connectivity index (χ1) is 9.19. The lowest BCUT2D eigenvalue weighted by atomic mass is 10.1. The third kappa shape index (κ3) is 4.18. The number of hydrogen-bond donors (Lipinski definition) is 0. The lowest BCUT2D eigenvalue weighted by Gasteiger charge is -2.38. The van der Waals surface area contributed by atoms with Gasteiger partial charge in [0.05, 0.1) is 6.61 Å². The molecule has 20 heavy (non-hydrogen) atoms. The Labute approximate surface area is 123 Å². The number of hydrogen-bond acceptors (Lipinski definition) is 3. The molecular weight excluding hydrogens is 268 g/mol. The average Bonchev–Trinajstić information content (AvgIpc) is 2.36. The Morgan fingerprint density at radius 2 is 1.75 bits per heavy atom. The summed E-state index contributed by atoms with van der Waals surface area (Å²) in [5, 5.41) is 0.0481. The predicted octanol–water partition coefficient (Wildman–Crippen LogP) is 4.31. The molecule has 0 unspecified atom stereocenters. The van der Waals surface area contributed by atoms with Gasteiger partial charge in [0.15, 0.2) is 14.4 Å². The molecule has 0 aromatic heterocycles. The summed E-state index contributed by atoms with van der Waals surface area (Å²) < 4.78 is 11.4. The van der Waals surface area contributed by atoms with Crippen LogP contribution in [0.2, 0.25) is 18.1 Å². The van der Waals surface area contributed by atoms with Crippen LogP contribution in [0.5, 0.6) is 0 Å². The van der Waals surface area contributed by atoms with Gasteiger partial charge in [-0.1, -0.05) is 51.1 Å². The van der Waals surface area contributed by atoms with Crippen LogP contribution < -0.4 is 0 Å².